The van der Waals surface area contributed by atoms with Gasteiger partial charge in [0.15, 0.2) is 5.96 Å². The zero-order chi connectivity index (χ0) is 17.4. The van der Waals surface area contributed by atoms with Crippen molar-refractivity contribution in [3.05, 3.63) is 28.8 Å². The van der Waals surface area contributed by atoms with Crippen molar-refractivity contribution in [3.8, 4) is 5.75 Å². The average Bonchev–Trinajstić information content (AvgIpc) is 3.11. The van der Waals surface area contributed by atoms with Crippen molar-refractivity contribution in [3.63, 3.8) is 0 Å². The van der Waals surface area contributed by atoms with Crippen LogP contribution in [0, 0.1) is 0 Å². The minimum absolute atomic E-state index is 0. The molecule has 0 aromatic heterocycles. The lowest BCUT2D eigenvalue weighted by atomic mass is 10.2. The summed E-state index contributed by atoms with van der Waals surface area (Å²) in [6, 6.07) is 5.73. The van der Waals surface area contributed by atoms with Crippen LogP contribution in [-0.4, -0.2) is 52.1 Å². The third-order valence-corrected chi connectivity index (χ3v) is 4.01. The van der Waals surface area contributed by atoms with Crippen LogP contribution in [0.1, 0.15) is 18.9 Å². The van der Waals surface area contributed by atoms with Crippen LogP contribution in [0.15, 0.2) is 23.2 Å². The number of methoxy groups -OCH3 is 1. The molecule has 25 heavy (non-hydrogen) atoms. The van der Waals surface area contributed by atoms with Crippen LogP contribution in [0.25, 0.3) is 0 Å². The van der Waals surface area contributed by atoms with Gasteiger partial charge >= 0.3 is 0 Å². The van der Waals surface area contributed by atoms with Gasteiger partial charge in [0.1, 0.15) is 5.75 Å². The molecule has 142 valence electrons. The summed E-state index contributed by atoms with van der Waals surface area (Å²) in [6.45, 7) is 4.74. The van der Waals surface area contributed by atoms with Crippen molar-refractivity contribution in [2.24, 2.45) is 4.99 Å². The number of nitrogens with one attached hydrogen (secondary N) is 2. The van der Waals surface area contributed by atoms with E-state index in [4.69, 9.17) is 25.8 Å². The maximum absolute atomic E-state index is 5.98. The highest BCUT2D eigenvalue weighted by Gasteiger charge is 2.17. The molecule has 0 amide bonds. The molecule has 0 bridgehead atoms. The molecular weight excluding hydrogens is 457 g/mol. The Balaban J connectivity index is 0.00000312. The first-order valence-electron chi connectivity index (χ1n) is 8.11. The van der Waals surface area contributed by atoms with Crippen LogP contribution in [0.4, 0.5) is 0 Å². The van der Waals surface area contributed by atoms with Crippen LogP contribution >= 0.6 is 35.6 Å². The van der Waals surface area contributed by atoms with Crippen LogP contribution < -0.4 is 15.4 Å². The molecule has 1 fully saturated rings. The standard InChI is InChI=1S/C17H26ClN3O3.HI/c1-12(10-24-15-6-7-23-11-15)21-17(19-2)20-9-13-4-5-14(18)8-16(13)22-3;/h4-5,8,12,15H,6-7,9-11H2,1-3H3,(H2,19,20,21);1H. The lowest BCUT2D eigenvalue weighted by Gasteiger charge is -2.20. The fraction of sp³-hybridized carbons (Fsp3) is 0.588. The molecule has 6 nitrogen and oxygen atoms in total. The zero-order valence-corrected chi connectivity index (χ0v) is 18.0. The van der Waals surface area contributed by atoms with E-state index in [1.54, 1.807) is 20.2 Å². The molecule has 0 spiro atoms. The van der Waals surface area contributed by atoms with Crippen LogP contribution in [0.5, 0.6) is 5.75 Å². The molecule has 1 aliphatic heterocycles. The van der Waals surface area contributed by atoms with Crippen LogP contribution in [-0.2, 0) is 16.0 Å². The van der Waals surface area contributed by atoms with Gasteiger partial charge in [0.25, 0.3) is 0 Å². The minimum Gasteiger partial charge on any atom is -0.496 e. The number of guanidine groups is 1. The van der Waals surface area contributed by atoms with Crippen molar-refractivity contribution in [1.29, 1.82) is 0 Å². The predicted octanol–water partition coefficient (Wildman–Crippen LogP) is 2.83. The molecule has 8 heteroatoms. The van der Waals surface area contributed by atoms with Gasteiger partial charge in [0.2, 0.25) is 0 Å². The quantitative estimate of drug-likeness (QED) is 0.355. The third-order valence-electron chi connectivity index (χ3n) is 3.77. The molecule has 1 heterocycles. The van der Waals surface area contributed by atoms with Crippen molar-refractivity contribution in [2.45, 2.75) is 32.0 Å². The monoisotopic (exact) mass is 483 g/mol. The second-order valence-corrected chi connectivity index (χ2v) is 6.18. The summed E-state index contributed by atoms with van der Waals surface area (Å²) in [4.78, 5) is 4.24. The predicted molar refractivity (Wildman–Crippen MR) is 111 cm³/mol. The largest absolute Gasteiger partial charge is 0.496 e. The molecule has 1 aromatic carbocycles. The molecule has 0 radical (unpaired) electrons. The summed E-state index contributed by atoms with van der Waals surface area (Å²) < 4.78 is 16.5. The Morgan fingerprint density at radius 3 is 2.92 bits per heavy atom. The lowest BCUT2D eigenvalue weighted by Crippen LogP contribution is -2.44. The fourth-order valence-corrected chi connectivity index (χ4v) is 2.60. The van der Waals surface area contributed by atoms with Gasteiger partial charge in [-0.2, -0.15) is 0 Å². The highest BCUT2D eigenvalue weighted by Crippen LogP contribution is 2.22. The van der Waals surface area contributed by atoms with Gasteiger partial charge in [-0.25, -0.2) is 0 Å². The van der Waals surface area contributed by atoms with Gasteiger partial charge in [-0.3, -0.25) is 4.99 Å². The number of aliphatic imine (C=N–C) groups is 1. The normalized spacial score (nSPS) is 18.4. The number of halogens is 2. The SMILES string of the molecule is CN=C(NCc1ccc(Cl)cc1OC)NC(C)COC1CCOC1.I. The lowest BCUT2D eigenvalue weighted by molar-refractivity contribution is 0.0347. The molecule has 2 atom stereocenters. The van der Waals surface area contributed by atoms with E-state index in [-0.39, 0.29) is 36.1 Å². The molecule has 0 aliphatic carbocycles. The molecule has 2 N–H and O–H groups in total. The number of nitrogens with zero attached hydrogens (tertiary/aromatic N) is 1. The maximum Gasteiger partial charge on any atom is 0.191 e. The molecule has 2 rings (SSSR count). The summed E-state index contributed by atoms with van der Waals surface area (Å²) in [5.74, 6) is 1.47. The Labute approximate surface area is 171 Å². The van der Waals surface area contributed by atoms with E-state index >= 15 is 0 Å². The van der Waals surface area contributed by atoms with E-state index in [1.807, 2.05) is 12.1 Å². The number of benzene rings is 1. The Morgan fingerprint density at radius 2 is 2.28 bits per heavy atom. The summed E-state index contributed by atoms with van der Waals surface area (Å²) >= 11 is 5.98. The molecule has 1 aromatic rings. The average molecular weight is 484 g/mol. The summed E-state index contributed by atoms with van der Waals surface area (Å²) in [7, 11) is 3.38. The van der Waals surface area contributed by atoms with Crippen molar-refractivity contribution in [2.75, 3.05) is 34.0 Å². The fourth-order valence-electron chi connectivity index (χ4n) is 2.44. The van der Waals surface area contributed by atoms with Gasteiger partial charge in [0.05, 0.1) is 26.4 Å². The summed E-state index contributed by atoms with van der Waals surface area (Å²) in [6.07, 6.45) is 1.18. The molecule has 0 saturated carbocycles. The van der Waals surface area contributed by atoms with Gasteiger partial charge in [-0.1, -0.05) is 17.7 Å². The van der Waals surface area contributed by atoms with E-state index in [9.17, 15) is 0 Å². The topological polar surface area (TPSA) is 64.1 Å². The highest BCUT2D eigenvalue weighted by atomic mass is 127. The first-order valence-corrected chi connectivity index (χ1v) is 8.49. The van der Waals surface area contributed by atoms with Crippen molar-refractivity contribution in [1.82, 2.24) is 10.6 Å². The summed E-state index contributed by atoms with van der Waals surface area (Å²) in [5.41, 5.74) is 1.01. The van der Waals surface area contributed by atoms with Gasteiger partial charge in [-0.15, -0.1) is 24.0 Å². The van der Waals surface area contributed by atoms with E-state index in [1.165, 1.54) is 0 Å². The Morgan fingerprint density at radius 1 is 1.48 bits per heavy atom. The summed E-state index contributed by atoms with van der Waals surface area (Å²) in [5, 5.41) is 7.24. The maximum atomic E-state index is 5.98. The molecule has 2 unspecified atom stereocenters. The van der Waals surface area contributed by atoms with Gasteiger partial charge in [-0.05, 0) is 25.5 Å². The number of hydrogen-bond acceptors (Lipinski definition) is 4. The Kier molecular flexibility index (Phi) is 10.5. The molecule has 1 aliphatic rings. The molecule has 1 saturated heterocycles. The Hall–Kier alpha value is -0.770. The number of hydrogen-bond donors (Lipinski definition) is 2. The number of rotatable bonds is 7. The highest BCUT2D eigenvalue weighted by molar-refractivity contribution is 14.0. The van der Waals surface area contributed by atoms with Crippen molar-refractivity contribution >= 4 is 41.5 Å². The second kappa shape index (κ2) is 11.8. The second-order valence-electron chi connectivity index (χ2n) is 5.75. The first kappa shape index (κ1) is 22.3. The van der Waals surface area contributed by atoms with Crippen LogP contribution in [0.2, 0.25) is 5.02 Å². The van der Waals surface area contributed by atoms with Gasteiger partial charge < -0.3 is 24.8 Å². The third kappa shape index (κ3) is 7.55. The van der Waals surface area contributed by atoms with Gasteiger partial charge in [0, 0.05) is 36.8 Å². The Bertz CT molecular complexity index is 554. The van der Waals surface area contributed by atoms with Crippen molar-refractivity contribution < 1.29 is 14.2 Å². The minimum atomic E-state index is 0. The van der Waals surface area contributed by atoms with E-state index in [0.29, 0.717) is 30.7 Å². The molecular formula is C17H27ClIN3O3. The van der Waals surface area contributed by atoms with E-state index in [0.717, 1.165) is 24.3 Å². The zero-order valence-electron chi connectivity index (χ0n) is 14.9. The van der Waals surface area contributed by atoms with E-state index in [2.05, 4.69) is 22.5 Å². The smallest absolute Gasteiger partial charge is 0.191 e. The van der Waals surface area contributed by atoms with E-state index < -0.39 is 0 Å². The van der Waals surface area contributed by atoms with Crippen LogP contribution in [0.3, 0.4) is 0 Å². The first-order chi connectivity index (χ1) is 11.6. The number of ether oxygens (including phenoxy) is 3.